The van der Waals surface area contributed by atoms with E-state index in [9.17, 15) is 0 Å². The predicted molar refractivity (Wildman–Crippen MR) is 51.9 cm³/mol. The third-order valence-electron chi connectivity index (χ3n) is 0.679. The molecule has 0 saturated heterocycles. The van der Waals surface area contributed by atoms with E-state index in [4.69, 9.17) is 16.7 Å². The summed E-state index contributed by atoms with van der Waals surface area (Å²) in [6, 6.07) is 0. The summed E-state index contributed by atoms with van der Waals surface area (Å²) in [5.74, 6) is 0.231. The molecule has 0 unspecified atom stereocenters. The van der Waals surface area contributed by atoms with Gasteiger partial charge in [0.2, 0.25) is 0 Å². The number of hydrogen-bond donors (Lipinski definition) is 1. The Morgan fingerprint density at radius 1 is 1.36 bits per heavy atom. The molecule has 0 heterocycles. The fourth-order valence-corrected chi connectivity index (χ4v) is 0.331. The van der Waals surface area contributed by atoms with Gasteiger partial charge in [0.25, 0.3) is 0 Å². The minimum atomic E-state index is 0.231. The Hall–Kier alpha value is -0.690. The molecule has 64 valence electrons. The summed E-state index contributed by atoms with van der Waals surface area (Å²) in [5, 5.41) is 9.14. The summed E-state index contributed by atoms with van der Waals surface area (Å²) in [6.45, 7) is 9.00. The molecule has 0 aromatic rings. The zero-order valence-corrected chi connectivity index (χ0v) is 8.02. The Morgan fingerprint density at radius 3 is 2.09 bits per heavy atom. The van der Waals surface area contributed by atoms with Crippen LogP contribution in [0.3, 0.4) is 0 Å². The van der Waals surface area contributed by atoms with E-state index in [1.807, 2.05) is 13.8 Å². The van der Waals surface area contributed by atoms with Crippen molar-refractivity contribution in [1.82, 2.24) is 0 Å². The minimum absolute atomic E-state index is 0.231. The summed E-state index contributed by atoms with van der Waals surface area (Å²) in [6.07, 6.45) is 4.58. The van der Waals surface area contributed by atoms with Crippen molar-refractivity contribution < 1.29 is 5.11 Å². The fourth-order valence-electron chi connectivity index (χ4n) is 0.268. The maximum atomic E-state index is 8.62. The third kappa shape index (κ3) is 12.5. The zero-order valence-electron chi connectivity index (χ0n) is 7.26. The van der Waals surface area contributed by atoms with Crippen LogP contribution in [0.4, 0.5) is 0 Å². The maximum absolute atomic E-state index is 8.62. The van der Waals surface area contributed by atoms with Gasteiger partial charge in [-0.15, -0.1) is 0 Å². The lowest BCUT2D eigenvalue weighted by atomic mass is 10.4. The second-order valence-corrected chi connectivity index (χ2v) is 2.00. The molecule has 0 spiro atoms. The smallest absolute Gasteiger partial charge is 0.0892 e. The van der Waals surface area contributed by atoms with Crippen molar-refractivity contribution in [1.29, 1.82) is 0 Å². The van der Waals surface area contributed by atoms with Crippen LogP contribution in [0.15, 0.2) is 35.6 Å². The van der Waals surface area contributed by atoms with Crippen LogP contribution in [0.5, 0.6) is 0 Å². The van der Waals surface area contributed by atoms with E-state index < -0.39 is 0 Å². The topological polar surface area (TPSA) is 20.2 Å². The van der Waals surface area contributed by atoms with E-state index in [0.717, 1.165) is 0 Å². The average molecular weight is 175 g/mol. The maximum Gasteiger partial charge on any atom is 0.0892 e. The lowest BCUT2D eigenvalue weighted by molar-refractivity contribution is 0.414. The molecule has 11 heavy (non-hydrogen) atoms. The fraction of sp³-hybridized carbons (Fsp3) is 0.333. The van der Waals surface area contributed by atoms with Gasteiger partial charge in [0.05, 0.1) is 5.76 Å². The normalized spacial score (nSPS) is 11.6. The number of allylic oxidation sites excluding steroid dienone is 5. The van der Waals surface area contributed by atoms with Gasteiger partial charge in [-0.1, -0.05) is 38.1 Å². The second-order valence-electron chi connectivity index (χ2n) is 1.56. The van der Waals surface area contributed by atoms with Crippen molar-refractivity contribution in [3.05, 3.63) is 35.6 Å². The summed E-state index contributed by atoms with van der Waals surface area (Å²) < 4.78 is 0. The van der Waals surface area contributed by atoms with E-state index in [0.29, 0.717) is 5.03 Å². The zero-order chi connectivity index (χ0) is 9.28. The molecule has 0 aliphatic heterocycles. The van der Waals surface area contributed by atoms with Crippen LogP contribution in [-0.4, -0.2) is 5.11 Å². The van der Waals surface area contributed by atoms with Crippen molar-refractivity contribution in [2.45, 2.75) is 20.8 Å². The molecule has 0 rings (SSSR count). The first kappa shape index (κ1) is 12.9. The van der Waals surface area contributed by atoms with Gasteiger partial charge in [-0.2, -0.15) is 0 Å². The minimum Gasteiger partial charge on any atom is -0.513 e. The Kier molecular flexibility index (Phi) is 11.0. The highest BCUT2D eigenvalue weighted by atomic mass is 35.5. The molecule has 0 radical (unpaired) electrons. The number of halogens is 1. The largest absolute Gasteiger partial charge is 0.513 e. The highest BCUT2D eigenvalue weighted by Gasteiger charge is 1.78. The molecule has 0 amide bonds. The molecule has 0 saturated carbocycles. The van der Waals surface area contributed by atoms with Gasteiger partial charge in [-0.25, -0.2) is 0 Å². The summed E-state index contributed by atoms with van der Waals surface area (Å²) in [7, 11) is 0. The van der Waals surface area contributed by atoms with Crippen molar-refractivity contribution in [2.24, 2.45) is 0 Å². The Labute approximate surface area is 73.7 Å². The third-order valence-corrected chi connectivity index (χ3v) is 0.959. The van der Waals surface area contributed by atoms with Gasteiger partial charge in [0.15, 0.2) is 0 Å². The SMILES string of the molecule is C=C/C(Cl)=C\C=C(/C)O.CC. The van der Waals surface area contributed by atoms with Crippen LogP contribution >= 0.6 is 11.6 Å². The summed E-state index contributed by atoms with van der Waals surface area (Å²) >= 11 is 5.50. The molecule has 0 aromatic carbocycles. The molecule has 1 N–H and O–H groups in total. The van der Waals surface area contributed by atoms with Crippen molar-refractivity contribution in [3.8, 4) is 0 Å². The van der Waals surface area contributed by atoms with Crippen LogP contribution in [0.2, 0.25) is 0 Å². The predicted octanol–water partition coefficient (Wildman–Crippen LogP) is 3.78. The van der Waals surface area contributed by atoms with Crippen LogP contribution < -0.4 is 0 Å². The first-order valence-electron chi connectivity index (χ1n) is 3.52. The van der Waals surface area contributed by atoms with Crippen LogP contribution in [0, 0.1) is 0 Å². The number of rotatable bonds is 2. The van der Waals surface area contributed by atoms with Gasteiger partial charge >= 0.3 is 0 Å². The van der Waals surface area contributed by atoms with Gasteiger partial charge < -0.3 is 5.11 Å². The van der Waals surface area contributed by atoms with Gasteiger partial charge in [-0.3, -0.25) is 0 Å². The van der Waals surface area contributed by atoms with E-state index in [-0.39, 0.29) is 5.76 Å². The quantitative estimate of drug-likeness (QED) is 0.499. The lowest BCUT2D eigenvalue weighted by Crippen LogP contribution is -1.66. The monoisotopic (exact) mass is 174 g/mol. The second kappa shape index (κ2) is 9.31. The van der Waals surface area contributed by atoms with Gasteiger partial charge in [0.1, 0.15) is 0 Å². The number of aliphatic hydroxyl groups excluding tert-OH is 1. The van der Waals surface area contributed by atoms with E-state index in [2.05, 4.69) is 6.58 Å². The Morgan fingerprint density at radius 2 is 1.82 bits per heavy atom. The molecule has 0 aliphatic rings. The Balaban J connectivity index is 0. The van der Waals surface area contributed by atoms with Crippen molar-refractivity contribution >= 4 is 11.6 Å². The highest BCUT2D eigenvalue weighted by molar-refractivity contribution is 6.31. The average Bonchev–Trinajstić information content (AvgIpc) is 2.04. The molecule has 2 heteroatoms. The standard InChI is InChI=1S/C7H9ClO.C2H6/c1-3-7(8)5-4-6(2)9;1-2/h3-5,9H,1H2,2H3;1-2H3/b6-4+,7-5+;. The Bertz CT molecular complexity index is 153. The first-order chi connectivity index (χ1) is 5.16. The van der Waals surface area contributed by atoms with Crippen molar-refractivity contribution in [2.75, 3.05) is 0 Å². The summed E-state index contributed by atoms with van der Waals surface area (Å²) in [4.78, 5) is 0. The van der Waals surface area contributed by atoms with E-state index in [1.165, 1.54) is 12.2 Å². The molecular formula is C9H15ClO. The van der Waals surface area contributed by atoms with Crippen molar-refractivity contribution in [3.63, 3.8) is 0 Å². The molecule has 0 fully saturated rings. The van der Waals surface area contributed by atoms with E-state index >= 15 is 0 Å². The highest BCUT2D eigenvalue weighted by Crippen LogP contribution is 2.01. The van der Waals surface area contributed by atoms with Gasteiger partial charge in [-0.05, 0) is 19.1 Å². The molecule has 0 aliphatic carbocycles. The molecule has 0 aromatic heterocycles. The first-order valence-corrected chi connectivity index (χ1v) is 3.90. The molecular weight excluding hydrogens is 160 g/mol. The molecule has 0 atom stereocenters. The number of hydrogen-bond acceptors (Lipinski definition) is 1. The number of aliphatic hydroxyl groups is 1. The van der Waals surface area contributed by atoms with Gasteiger partial charge in [0, 0.05) is 5.03 Å². The van der Waals surface area contributed by atoms with Crippen LogP contribution in [0.1, 0.15) is 20.8 Å². The van der Waals surface area contributed by atoms with Crippen LogP contribution in [-0.2, 0) is 0 Å². The van der Waals surface area contributed by atoms with E-state index in [1.54, 1.807) is 13.0 Å². The molecule has 1 nitrogen and oxygen atoms in total. The summed E-state index contributed by atoms with van der Waals surface area (Å²) in [5.41, 5.74) is 0. The molecule has 0 bridgehead atoms. The van der Waals surface area contributed by atoms with Crippen LogP contribution in [0.25, 0.3) is 0 Å². The lowest BCUT2D eigenvalue weighted by Gasteiger charge is -1.83.